The van der Waals surface area contributed by atoms with Gasteiger partial charge in [0.1, 0.15) is 25.8 Å². The van der Waals surface area contributed by atoms with Crippen molar-refractivity contribution < 1.29 is 27.5 Å². The summed E-state index contributed by atoms with van der Waals surface area (Å²) in [5.74, 6) is -0.0407. The molecule has 0 aromatic heterocycles. The molecule has 0 bridgehead atoms. The van der Waals surface area contributed by atoms with Crippen LogP contribution in [-0.4, -0.2) is 57.0 Å². The van der Waals surface area contributed by atoms with Crippen molar-refractivity contribution in [3.05, 3.63) is 82.3 Å². The normalized spacial score (nSPS) is 15.4. The number of halogens is 2. The second kappa shape index (κ2) is 14.1. The predicted molar refractivity (Wildman–Crippen MR) is 170 cm³/mol. The van der Waals surface area contributed by atoms with Crippen molar-refractivity contribution in [3.8, 4) is 11.5 Å². The highest BCUT2D eigenvalue weighted by atomic mass is 35.5. The molecule has 1 N–H and O–H groups in total. The molecule has 3 aromatic rings. The van der Waals surface area contributed by atoms with Gasteiger partial charge in [-0.1, -0.05) is 67.2 Å². The summed E-state index contributed by atoms with van der Waals surface area (Å²) in [5.41, 5.74) is 0.679. The summed E-state index contributed by atoms with van der Waals surface area (Å²) in [7, 11) is -4.23. The van der Waals surface area contributed by atoms with Crippen molar-refractivity contribution in [1.29, 1.82) is 0 Å². The Hall–Kier alpha value is -3.47. The number of benzene rings is 3. The maximum atomic E-state index is 14.4. The molecule has 1 saturated carbocycles. The number of hydrogen-bond donors (Lipinski definition) is 1. The monoisotopic (exact) mass is 659 g/mol. The van der Waals surface area contributed by atoms with Gasteiger partial charge in [-0.15, -0.1) is 0 Å². The molecule has 234 valence electrons. The van der Waals surface area contributed by atoms with E-state index in [0.717, 1.165) is 30.0 Å². The maximum absolute atomic E-state index is 14.4. The quantitative estimate of drug-likeness (QED) is 0.278. The lowest BCUT2D eigenvalue weighted by molar-refractivity contribution is -0.140. The summed E-state index contributed by atoms with van der Waals surface area (Å²) < 4.78 is 40.6. The number of nitrogens with one attached hydrogen (secondary N) is 1. The molecule has 0 spiro atoms. The minimum atomic E-state index is -4.23. The molecule has 1 fully saturated rings. The third kappa shape index (κ3) is 7.08. The molecule has 3 aromatic carbocycles. The molecule has 2 amide bonds. The number of carbonyl (C=O) groups is 2. The molecule has 1 heterocycles. The Balaban J connectivity index is 1.54. The van der Waals surface area contributed by atoms with Crippen molar-refractivity contribution in [3.63, 3.8) is 0 Å². The Morgan fingerprint density at radius 1 is 0.932 bits per heavy atom. The Bertz CT molecular complexity index is 1580. The first-order valence-electron chi connectivity index (χ1n) is 14.7. The fourth-order valence-electron chi connectivity index (χ4n) is 5.58. The minimum absolute atomic E-state index is 0.00871. The van der Waals surface area contributed by atoms with Crippen molar-refractivity contribution in [2.75, 3.05) is 24.1 Å². The van der Waals surface area contributed by atoms with Crippen molar-refractivity contribution >= 4 is 50.7 Å². The van der Waals surface area contributed by atoms with Crippen LogP contribution in [0.3, 0.4) is 0 Å². The van der Waals surface area contributed by atoms with Gasteiger partial charge in [-0.05, 0) is 55.7 Å². The average molecular weight is 661 g/mol. The molecule has 0 radical (unpaired) electrons. The van der Waals surface area contributed by atoms with E-state index in [0.29, 0.717) is 46.7 Å². The zero-order valence-corrected chi connectivity index (χ0v) is 26.7. The molecule has 1 aliphatic carbocycles. The second-order valence-corrected chi connectivity index (χ2v) is 13.5. The molecular formula is C32H35Cl2N3O6S. The maximum Gasteiger partial charge on any atom is 0.264 e. The van der Waals surface area contributed by atoms with E-state index < -0.39 is 28.5 Å². The topological polar surface area (TPSA) is 105 Å². The third-order valence-corrected chi connectivity index (χ3v) is 10.4. The fraction of sp³-hybridized carbons (Fsp3) is 0.375. The Morgan fingerprint density at radius 2 is 1.59 bits per heavy atom. The van der Waals surface area contributed by atoms with E-state index in [2.05, 4.69) is 5.32 Å². The molecule has 1 aliphatic heterocycles. The molecule has 1 atom stereocenters. The second-order valence-electron chi connectivity index (χ2n) is 10.8. The summed E-state index contributed by atoms with van der Waals surface area (Å²) in [4.78, 5) is 29.4. The van der Waals surface area contributed by atoms with Crippen LogP contribution in [0.5, 0.6) is 11.5 Å². The number of carbonyl (C=O) groups excluding carboxylic acids is 2. The predicted octanol–water partition coefficient (Wildman–Crippen LogP) is 5.83. The largest absolute Gasteiger partial charge is 0.486 e. The third-order valence-electron chi connectivity index (χ3n) is 7.90. The molecule has 0 saturated heterocycles. The summed E-state index contributed by atoms with van der Waals surface area (Å²) in [6.45, 7) is 1.81. The molecule has 1 unspecified atom stereocenters. The first kappa shape index (κ1) is 31.9. The van der Waals surface area contributed by atoms with Gasteiger partial charge in [0.15, 0.2) is 11.5 Å². The smallest absolute Gasteiger partial charge is 0.264 e. The van der Waals surface area contributed by atoms with Crippen molar-refractivity contribution in [2.45, 2.75) is 62.6 Å². The van der Waals surface area contributed by atoms with E-state index in [9.17, 15) is 18.0 Å². The summed E-state index contributed by atoms with van der Waals surface area (Å²) in [6.07, 6.45) is 4.10. The number of fused-ring (bicyclic) bond motifs is 1. The van der Waals surface area contributed by atoms with Gasteiger partial charge in [0, 0.05) is 34.3 Å². The Labute approximate surface area is 268 Å². The van der Waals surface area contributed by atoms with E-state index in [4.69, 9.17) is 32.7 Å². The van der Waals surface area contributed by atoms with Gasteiger partial charge in [0.2, 0.25) is 11.8 Å². The van der Waals surface area contributed by atoms with Crippen molar-refractivity contribution in [1.82, 2.24) is 10.2 Å². The number of rotatable bonds is 11. The highest BCUT2D eigenvalue weighted by molar-refractivity contribution is 7.92. The fourth-order valence-corrected chi connectivity index (χ4v) is 7.52. The number of amides is 2. The minimum Gasteiger partial charge on any atom is -0.486 e. The average Bonchev–Trinajstić information content (AvgIpc) is 3.54. The highest BCUT2D eigenvalue weighted by Crippen LogP contribution is 2.36. The Kier molecular flexibility index (Phi) is 10.2. The van der Waals surface area contributed by atoms with E-state index in [1.807, 2.05) is 6.92 Å². The van der Waals surface area contributed by atoms with Gasteiger partial charge < -0.3 is 19.7 Å². The van der Waals surface area contributed by atoms with Gasteiger partial charge in [-0.25, -0.2) is 8.42 Å². The first-order valence-corrected chi connectivity index (χ1v) is 16.9. The summed E-state index contributed by atoms with van der Waals surface area (Å²) in [6, 6.07) is 16.8. The van der Waals surface area contributed by atoms with Gasteiger partial charge in [0.25, 0.3) is 10.0 Å². The van der Waals surface area contributed by atoms with E-state index >= 15 is 0 Å². The van der Waals surface area contributed by atoms with Crippen LogP contribution in [0.4, 0.5) is 5.69 Å². The number of hydrogen-bond acceptors (Lipinski definition) is 6. The van der Waals surface area contributed by atoms with Crippen LogP contribution in [0.15, 0.2) is 71.6 Å². The molecule has 12 heteroatoms. The van der Waals surface area contributed by atoms with Crippen LogP contribution in [0, 0.1) is 0 Å². The van der Waals surface area contributed by atoms with Crippen LogP contribution >= 0.6 is 23.2 Å². The number of ether oxygens (including phenoxy) is 2. The van der Waals surface area contributed by atoms with Crippen LogP contribution in [0.1, 0.15) is 44.6 Å². The van der Waals surface area contributed by atoms with Gasteiger partial charge in [-0.2, -0.15) is 0 Å². The first-order chi connectivity index (χ1) is 21.2. The van der Waals surface area contributed by atoms with E-state index in [1.165, 1.54) is 17.0 Å². The molecule has 5 rings (SSSR count). The molecule has 44 heavy (non-hydrogen) atoms. The lowest BCUT2D eigenvalue weighted by Crippen LogP contribution is -2.53. The van der Waals surface area contributed by atoms with Crippen LogP contribution in [0.2, 0.25) is 10.0 Å². The van der Waals surface area contributed by atoms with Crippen LogP contribution in [0.25, 0.3) is 0 Å². The zero-order chi connectivity index (χ0) is 31.3. The Morgan fingerprint density at radius 3 is 2.25 bits per heavy atom. The lowest BCUT2D eigenvalue weighted by Gasteiger charge is -2.34. The van der Waals surface area contributed by atoms with Crippen LogP contribution < -0.4 is 19.1 Å². The zero-order valence-electron chi connectivity index (χ0n) is 24.4. The number of nitrogens with zero attached hydrogens (tertiary/aromatic N) is 2. The summed E-state index contributed by atoms with van der Waals surface area (Å²) >= 11 is 13.0. The van der Waals surface area contributed by atoms with Crippen LogP contribution in [-0.2, 0) is 26.2 Å². The molecule has 2 aliphatic rings. The van der Waals surface area contributed by atoms with Gasteiger partial charge >= 0.3 is 0 Å². The molecule has 9 nitrogen and oxygen atoms in total. The lowest BCUT2D eigenvalue weighted by atomic mass is 10.1. The van der Waals surface area contributed by atoms with E-state index in [-0.39, 0.29) is 29.1 Å². The van der Waals surface area contributed by atoms with E-state index in [1.54, 1.807) is 54.6 Å². The van der Waals surface area contributed by atoms with Crippen molar-refractivity contribution in [2.24, 2.45) is 0 Å². The standard InChI is InChI=1S/C32H35Cl2N3O6S/c1-2-28(32(39)35-22-9-6-7-10-22)36(20-25-26(33)13-8-14-27(25)34)31(38)21-37(44(40,41)24-11-4-3-5-12-24)23-15-16-29-30(19-23)43-18-17-42-29/h3-5,8,11-16,19,22,28H,2,6-7,9-10,17-18,20-21H2,1H3,(H,35,39). The molecular weight excluding hydrogens is 625 g/mol. The highest BCUT2D eigenvalue weighted by Gasteiger charge is 2.35. The van der Waals surface area contributed by atoms with Gasteiger partial charge in [0.05, 0.1) is 10.6 Å². The SMILES string of the molecule is CCC(C(=O)NC1CCCC1)N(Cc1c(Cl)cccc1Cl)C(=O)CN(c1ccc2c(c1)OCCO2)S(=O)(=O)c1ccccc1. The summed E-state index contributed by atoms with van der Waals surface area (Å²) in [5, 5.41) is 3.76. The van der Waals surface area contributed by atoms with Gasteiger partial charge in [-0.3, -0.25) is 13.9 Å². The number of sulfonamides is 1. The number of anilines is 1.